The third-order valence-corrected chi connectivity index (χ3v) is 5.26. The molecule has 1 unspecified atom stereocenters. The second-order valence-corrected chi connectivity index (χ2v) is 6.92. The zero-order chi connectivity index (χ0) is 15.5. The highest BCUT2D eigenvalue weighted by molar-refractivity contribution is 5.76. The number of carbonyl (C=O) groups excluding carboxylic acids is 1. The van der Waals surface area contributed by atoms with Crippen LogP contribution in [-0.4, -0.2) is 42.4 Å². The molecule has 1 saturated heterocycles. The summed E-state index contributed by atoms with van der Waals surface area (Å²) in [6, 6.07) is 0.318. The highest BCUT2D eigenvalue weighted by Gasteiger charge is 2.40. The molecule has 2 rings (SSSR count). The van der Waals surface area contributed by atoms with E-state index in [1.54, 1.807) is 0 Å². The van der Waals surface area contributed by atoms with Gasteiger partial charge in [0.1, 0.15) is 0 Å². The molecular weight excluding hydrogens is 266 g/mol. The van der Waals surface area contributed by atoms with Gasteiger partial charge in [0.15, 0.2) is 5.79 Å². The molecule has 0 aromatic heterocycles. The molecule has 1 spiro atoms. The fourth-order valence-electron chi connectivity index (χ4n) is 3.52. The first-order valence-electron chi connectivity index (χ1n) is 8.55. The first-order valence-corrected chi connectivity index (χ1v) is 8.55. The summed E-state index contributed by atoms with van der Waals surface area (Å²) in [5.74, 6) is 0.996. The number of hydrogen-bond donors (Lipinski definition) is 0. The molecule has 0 bridgehead atoms. The first-order chi connectivity index (χ1) is 9.97. The highest BCUT2D eigenvalue weighted by atomic mass is 16.7. The van der Waals surface area contributed by atoms with Crippen molar-refractivity contribution in [2.45, 2.75) is 71.6 Å². The summed E-state index contributed by atoms with van der Waals surface area (Å²) in [6.07, 6.45) is 4.65. The van der Waals surface area contributed by atoms with Crippen LogP contribution in [0.5, 0.6) is 0 Å². The van der Waals surface area contributed by atoms with E-state index in [4.69, 9.17) is 9.47 Å². The van der Waals surface area contributed by atoms with E-state index in [9.17, 15) is 4.79 Å². The van der Waals surface area contributed by atoms with Crippen molar-refractivity contribution < 1.29 is 14.3 Å². The van der Waals surface area contributed by atoms with Gasteiger partial charge < -0.3 is 14.4 Å². The highest BCUT2D eigenvalue weighted by Crippen LogP contribution is 2.39. The smallest absolute Gasteiger partial charge is 0.223 e. The molecule has 0 aromatic carbocycles. The summed E-state index contributed by atoms with van der Waals surface area (Å²) >= 11 is 0. The topological polar surface area (TPSA) is 38.8 Å². The number of hydrogen-bond acceptors (Lipinski definition) is 3. The van der Waals surface area contributed by atoms with Crippen molar-refractivity contribution in [3.05, 3.63) is 0 Å². The van der Waals surface area contributed by atoms with Crippen LogP contribution in [0, 0.1) is 11.8 Å². The van der Waals surface area contributed by atoms with E-state index in [1.807, 2.05) is 4.90 Å². The zero-order valence-electron chi connectivity index (χ0n) is 14.1. The maximum Gasteiger partial charge on any atom is 0.223 e. The normalized spacial score (nSPS) is 23.7. The Kier molecular flexibility index (Phi) is 5.67. The SMILES string of the molecule is CCN(C(=O)CC1CCC2(CC1)OCCO2)C(C)C(C)C. The summed E-state index contributed by atoms with van der Waals surface area (Å²) in [7, 11) is 0. The average Bonchev–Trinajstić information content (AvgIpc) is 2.90. The van der Waals surface area contributed by atoms with Crippen LogP contribution < -0.4 is 0 Å². The fourth-order valence-corrected chi connectivity index (χ4v) is 3.52. The van der Waals surface area contributed by atoms with Crippen molar-refractivity contribution in [2.24, 2.45) is 11.8 Å². The molecule has 21 heavy (non-hydrogen) atoms. The number of rotatable bonds is 5. The number of amides is 1. The van der Waals surface area contributed by atoms with Crippen molar-refractivity contribution in [2.75, 3.05) is 19.8 Å². The van der Waals surface area contributed by atoms with Gasteiger partial charge in [0.25, 0.3) is 0 Å². The second kappa shape index (κ2) is 7.10. The maximum atomic E-state index is 12.6. The Bertz CT molecular complexity index is 340. The second-order valence-electron chi connectivity index (χ2n) is 6.92. The molecule has 0 radical (unpaired) electrons. The van der Waals surface area contributed by atoms with Gasteiger partial charge in [-0.25, -0.2) is 0 Å². The van der Waals surface area contributed by atoms with Crippen LogP contribution in [0.3, 0.4) is 0 Å². The minimum Gasteiger partial charge on any atom is -0.348 e. The predicted molar refractivity (Wildman–Crippen MR) is 82.9 cm³/mol. The number of nitrogens with zero attached hydrogens (tertiary/aromatic N) is 1. The Morgan fingerprint density at radius 2 is 1.76 bits per heavy atom. The van der Waals surface area contributed by atoms with Crippen LogP contribution in [0.2, 0.25) is 0 Å². The molecule has 4 heteroatoms. The lowest BCUT2D eigenvalue weighted by Crippen LogP contribution is -2.43. The molecule has 1 atom stereocenters. The van der Waals surface area contributed by atoms with E-state index in [2.05, 4.69) is 27.7 Å². The average molecular weight is 297 g/mol. The first kappa shape index (κ1) is 16.8. The lowest BCUT2D eigenvalue weighted by Gasteiger charge is -2.37. The minimum atomic E-state index is -0.310. The molecule has 2 fully saturated rings. The van der Waals surface area contributed by atoms with E-state index < -0.39 is 0 Å². The van der Waals surface area contributed by atoms with Crippen LogP contribution in [0.25, 0.3) is 0 Å². The summed E-state index contributed by atoms with van der Waals surface area (Å²) < 4.78 is 11.5. The number of ether oxygens (including phenoxy) is 2. The summed E-state index contributed by atoms with van der Waals surface area (Å²) in [4.78, 5) is 14.6. The van der Waals surface area contributed by atoms with Gasteiger partial charge in [0, 0.05) is 31.8 Å². The Morgan fingerprint density at radius 1 is 1.19 bits per heavy atom. The molecule has 2 aliphatic rings. The van der Waals surface area contributed by atoms with E-state index in [-0.39, 0.29) is 5.79 Å². The van der Waals surface area contributed by atoms with E-state index in [0.717, 1.165) is 45.4 Å². The summed E-state index contributed by atoms with van der Waals surface area (Å²) in [5.41, 5.74) is 0. The van der Waals surface area contributed by atoms with Crippen LogP contribution in [-0.2, 0) is 14.3 Å². The molecule has 1 saturated carbocycles. The molecule has 1 heterocycles. The van der Waals surface area contributed by atoms with Gasteiger partial charge in [-0.15, -0.1) is 0 Å². The number of carbonyl (C=O) groups is 1. The maximum absolute atomic E-state index is 12.6. The quantitative estimate of drug-likeness (QED) is 0.782. The van der Waals surface area contributed by atoms with Crippen molar-refractivity contribution in [1.82, 2.24) is 4.90 Å². The standard InChI is InChI=1S/C17H31NO3/c1-5-18(14(4)13(2)3)16(19)12-15-6-8-17(9-7-15)20-10-11-21-17/h13-15H,5-12H2,1-4H3. The minimum absolute atomic E-state index is 0.310. The van der Waals surface area contributed by atoms with Gasteiger partial charge >= 0.3 is 0 Å². The van der Waals surface area contributed by atoms with Crippen molar-refractivity contribution in [1.29, 1.82) is 0 Å². The third-order valence-electron chi connectivity index (χ3n) is 5.26. The van der Waals surface area contributed by atoms with Gasteiger partial charge in [-0.2, -0.15) is 0 Å². The van der Waals surface area contributed by atoms with Gasteiger partial charge in [0.2, 0.25) is 5.91 Å². The van der Waals surface area contributed by atoms with Crippen LogP contribution in [0.1, 0.15) is 59.8 Å². The Morgan fingerprint density at radius 3 is 2.24 bits per heavy atom. The van der Waals surface area contributed by atoms with Gasteiger partial charge in [0.05, 0.1) is 13.2 Å². The third kappa shape index (κ3) is 3.98. The molecule has 1 amide bonds. The summed E-state index contributed by atoms with van der Waals surface area (Å²) in [5, 5.41) is 0. The monoisotopic (exact) mass is 297 g/mol. The van der Waals surface area contributed by atoms with Crippen LogP contribution in [0.4, 0.5) is 0 Å². The predicted octanol–water partition coefficient (Wildman–Crippen LogP) is 3.20. The molecule has 122 valence electrons. The van der Waals surface area contributed by atoms with Crippen LogP contribution in [0.15, 0.2) is 0 Å². The lowest BCUT2D eigenvalue weighted by atomic mass is 9.83. The van der Waals surface area contributed by atoms with Gasteiger partial charge in [-0.3, -0.25) is 4.79 Å². The van der Waals surface area contributed by atoms with E-state index in [0.29, 0.717) is 30.2 Å². The molecule has 4 nitrogen and oxygen atoms in total. The summed E-state index contributed by atoms with van der Waals surface area (Å²) in [6.45, 7) is 10.8. The zero-order valence-corrected chi connectivity index (χ0v) is 14.1. The largest absolute Gasteiger partial charge is 0.348 e. The van der Waals surface area contributed by atoms with E-state index >= 15 is 0 Å². The van der Waals surface area contributed by atoms with Crippen LogP contribution >= 0.6 is 0 Å². The molecule has 0 N–H and O–H groups in total. The van der Waals surface area contributed by atoms with Crippen molar-refractivity contribution >= 4 is 5.91 Å². The Labute approximate surface area is 129 Å². The molecule has 1 aliphatic carbocycles. The molecule has 0 aromatic rings. The lowest BCUT2D eigenvalue weighted by molar-refractivity contribution is -0.183. The van der Waals surface area contributed by atoms with Gasteiger partial charge in [-0.1, -0.05) is 13.8 Å². The fraction of sp³-hybridized carbons (Fsp3) is 0.941. The van der Waals surface area contributed by atoms with E-state index in [1.165, 1.54) is 0 Å². The van der Waals surface area contributed by atoms with Crippen molar-refractivity contribution in [3.8, 4) is 0 Å². The Hall–Kier alpha value is -0.610. The molecule has 1 aliphatic heterocycles. The van der Waals surface area contributed by atoms with Gasteiger partial charge in [-0.05, 0) is 38.5 Å². The Balaban J connectivity index is 1.83. The molecular formula is C17H31NO3. The van der Waals surface area contributed by atoms with Crippen molar-refractivity contribution in [3.63, 3.8) is 0 Å².